The predicted octanol–water partition coefficient (Wildman–Crippen LogP) is 5.94. The SMILES string of the molecule is CC(=O)[C@@H]1[C@H](c2ccccc2)[C@@H](c2ccc3cc(OC=O)ccc3c2)[C@H]1c1ccc(C(=O)O)cc1. The minimum Gasteiger partial charge on any atom is -0.478 e. The molecule has 4 aromatic carbocycles. The average molecular weight is 465 g/mol. The first-order valence-corrected chi connectivity index (χ1v) is 11.5. The molecule has 1 aliphatic carbocycles. The zero-order valence-corrected chi connectivity index (χ0v) is 19.1. The van der Waals surface area contributed by atoms with Crippen molar-refractivity contribution in [3.05, 3.63) is 113 Å². The average Bonchev–Trinajstić information content (AvgIpc) is 2.84. The zero-order chi connectivity index (χ0) is 24.5. The normalized spacial score (nSPS) is 21.2. The maximum Gasteiger partial charge on any atom is 0.335 e. The van der Waals surface area contributed by atoms with Gasteiger partial charge in [-0.3, -0.25) is 9.59 Å². The topological polar surface area (TPSA) is 80.7 Å². The molecule has 4 atom stereocenters. The first-order valence-electron chi connectivity index (χ1n) is 11.5. The first kappa shape index (κ1) is 22.5. The summed E-state index contributed by atoms with van der Waals surface area (Å²) in [4.78, 5) is 35.0. The lowest BCUT2D eigenvalue weighted by Gasteiger charge is -2.52. The lowest BCUT2D eigenvalue weighted by Crippen LogP contribution is -2.45. The van der Waals surface area contributed by atoms with Crippen molar-refractivity contribution in [1.82, 2.24) is 0 Å². The van der Waals surface area contributed by atoms with Crippen LogP contribution in [0.4, 0.5) is 0 Å². The quantitative estimate of drug-likeness (QED) is 0.342. The van der Waals surface area contributed by atoms with Crippen molar-refractivity contribution in [3.8, 4) is 5.75 Å². The monoisotopic (exact) mass is 464 g/mol. The van der Waals surface area contributed by atoms with Crippen LogP contribution < -0.4 is 4.74 Å². The van der Waals surface area contributed by atoms with Gasteiger partial charge in [-0.15, -0.1) is 0 Å². The molecule has 0 saturated heterocycles. The van der Waals surface area contributed by atoms with E-state index in [9.17, 15) is 19.5 Å². The third-order valence-electron chi connectivity index (χ3n) is 7.15. The fraction of sp³-hybridized carbons (Fsp3) is 0.167. The van der Waals surface area contributed by atoms with Crippen LogP contribution in [0.3, 0.4) is 0 Å². The fourth-order valence-electron chi connectivity index (χ4n) is 5.60. The van der Waals surface area contributed by atoms with E-state index in [0.717, 1.165) is 27.5 Å². The summed E-state index contributed by atoms with van der Waals surface area (Å²) in [7, 11) is 0. The molecule has 5 rings (SSSR count). The molecule has 1 aliphatic rings. The lowest BCUT2D eigenvalue weighted by molar-refractivity contribution is -0.126. The highest BCUT2D eigenvalue weighted by Crippen LogP contribution is 2.62. The van der Waals surface area contributed by atoms with Gasteiger partial charge < -0.3 is 9.84 Å². The number of aromatic carboxylic acids is 1. The number of carboxylic acid groups (broad SMARTS) is 1. The molecule has 0 bridgehead atoms. The number of benzene rings is 4. The maximum absolute atomic E-state index is 12.9. The smallest absolute Gasteiger partial charge is 0.335 e. The molecule has 0 aliphatic heterocycles. The second kappa shape index (κ2) is 9.18. The Hall–Kier alpha value is -4.25. The van der Waals surface area contributed by atoms with Gasteiger partial charge in [0.15, 0.2) is 0 Å². The van der Waals surface area contributed by atoms with Crippen molar-refractivity contribution in [2.45, 2.75) is 24.7 Å². The number of ether oxygens (including phenoxy) is 1. The van der Waals surface area contributed by atoms with Crippen LogP contribution in [0.15, 0.2) is 91.0 Å². The number of rotatable bonds is 7. The summed E-state index contributed by atoms with van der Waals surface area (Å²) in [6.45, 7) is 2.06. The Kier molecular flexibility index (Phi) is 5.91. The summed E-state index contributed by atoms with van der Waals surface area (Å²) < 4.78 is 4.98. The molecule has 4 aromatic rings. The molecule has 0 unspecified atom stereocenters. The molecule has 0 heterocycles. The van der Waals surface area contributed by atoms with E-state index in [2.05, 4.69) is 24.3 Å². The van der Waals surface area contributed by atoms with Crippen LogP contribution in [0.25, 0.3) is 10.8 Å². The molecule has 174 valence electrons. The number of ketones is 1. The number of hydrogen-bond donors (Lipinski definition) is 1. The number of fused-ring (bicyclic) bond motifs is 1. The number of carbonyl (C=O) groups is 3. The maximum atomic E-state index is 12.9. The molecule has 0 aromatic heterocycles. The van der Waals surface area contributed by atoms with Gasteiger partial charge in [0.1, 0.15) is 11.5 Å². The van der Waals surface area contributed by atoms with Crippen LogP contribution in [0.2, 0.25) is 0 Å². The third-order valence-corrected chi connectivity index (χ3v) is 7.15. The minimum absolute atomic E-state index is 0.00738. The van der Waals surface area contributed by atoms with Crippen molar-refractivity contribution >= 4 is 29.0 Å². The molecule has 5 nitrogen and oxygen atoms in total. The Labute approximate surface area is 203 Å². The molecular weight excluding hydrogens is 440 g/mol. The van der Waals surface area contributed by atoms with Crippen molar-refractivity contribution in [3.63, 3.8) is 0 Å². The fourth-order valence-corrected chi connectivity index (χ4v) is 5.60. The summed E-state index contributed by atoms with van der Waals surface area (Å²) in [5.41, 5.74) is 3.41. The molecule has 0 amide bonds. The minimum atomic E-state index is -0.973. The molecule has 1 N–H and O–H groups in total. The van der Waals surface area contributed by atoms with E-state index in [1.165, 1.54) is 0 Å². The summed E-state index contributed by atoms with van der Waals surface area (Å²) in [6, 6.07) is 28.7. The Morgan fingerprint density at radius 3 is 1.97 bits per heavy atom. The Bertz CT molecular complexity index is 1410. The Morgan fingerprint density at radius 2 is 1.34 bits per heavy atom. The van der Waals surface area contributed by atoms with Gasteiger partial charge in [0.25, 0.3) is 6.47 Å². The van der Waals surface area contributed by atoms with E-state index in [-0.39, 0.29) is 35.0 Å². The highest BCUT2D eigenvalue weighted by molar-refractivity contribution is 5.88. The second-order valence-corrected chi connectivity index (χ2v) is 9.03. The standard InChI is InChI=1S/C30H24O5/c1-18(32)26-27(19-5-3-2-4-6-19)29(28(26)20-7-9-21(10-8-20)30(33)34)24-12-11-23-16-25(35-17-31)14-13-22(23)15-24/h2-17,26-29H,1H3,(H,33,34)/t26-,27+,28+,29-/m1/s1. The Balaban J connectivity index is 1.62. The van der Waals surface area contributed by atoms with Gasteiger partial charge in [0, 0.05) is 17.8 Å². The highest BCUT2D eigenvalue weighted by Gasteiger charge is 2.54. The van der Waals surface area contributed by atoms with E-state index < -0.39 is 5.97 Å². The van der Waals surface area contributed by atoms with Crippen molar-refractivity contribution in [2.24, 2.45) is 5.92 Å². The van der Waals surface area contributed by atoms with Crippen molar-refractivity contribution in [1.29, 1.82) is 0 Å². The van der Waals surface area contributed by atoms with Gasteiger partial charge in [-0.05, 0) is 64.6 Å². The van der Waals surface area contributed by atoms with Crippen molar-refractivity contribution in [2.75, 3.05) is 0 Å². The van der Waals surface area contributed by atoms with Gasteiger partial charge in [0.2, 0.25) is 0 Å². The van der Waals surface area contributed by atoms with Crippen LogP contribution in [0, 0.1) is 5.92 Å². The van der Waals surface area contributed by atoms with E-state index in [1.807, 2.05) is 48.5 Å². The van der Waals surface area contributed by atoms with Gasteiger partial charge in [-0.2, -0.15) is 0 Å². The van der Waals surface area contributed by atoms with E-state index in [4.69, 9.17) is 4.74 Å². The van der Waals surface area contributed by atoms with Crippen LogP contribution in [-0.2, 0) is 9.59 Å². The zero-order valence-electron chi connectivity index (χ0n) is 19.1. The highest BCUT2D eigenvalue weighted by atomic mass is 16.5. The predicted molar refractivity (Wildman–Crippen MR) is 133 cm³/mol. The largest absolute Gasteiger partial charge is 0.478 e. The van der Waals surface area contributed by atoms with Gasteiger partial charge in [-0.25, -0.2) is 4.79 Å². The summed E-state index contributed by atoms with van der Waals surface area (Å²) in [5.74, 6) is -0.601. The van der Waals surface area contributed by atoms with E-state index in [0.29, 0.717) is 12.2 Å². The molecule has 35 heavy (non-hydrogen) atoms. The summed E-state index contributed by atoms with van der Waals surface area (Å²) in [5, 5.41) is 11.3. The number of Topliss-reactive ketones (excluding diaryl/α,β-unsaturated/α-hetero) is 1. The molecule has 0 radical (unpaired) electrons. The van der Waals surface area contributed by atoms with Crippen molar-refractivity contribution < 1.29 is 24.2 Å². The van der Waals surface area contributed by atoms with Crippen LogP contribution in [-0.4, -0.2) is 23.3 Å². The summed E-state index contributed by atoms with van der Waals surface area (Å²) in [6.07, 6.45) is 0. The molecular formula is C30H24O5. The summed E-state index contributed by atoms with van der Waals surface area (Å²) >= 11 is 0. The van der Waals surface area contributed by atoms with E-state index >= 15 is 0 Å². The number of carboxylic acids is 1. The third kappa shape index (κ3) is 4.10. The molecule has 5 heteroatoms. The molecule has 0 spiro atoms. The van der Waals surface area contributed by atoms with Gasteiger partial charge in [-0.1, -0.05) is 66.7 Å². The molecule has 1 saturated carbocycles. The van der Waals surface area contributed by atoms with Crippen LogP contribution in [0.5, 0.6) is 5.75 Å². The van der Waals surface area contributed by atoms with Crippen LogP contribution >= 0.6 is 0 Å². The van der Waals surface area contributed by atoms with E-state index in [1.54, 1.807) is 25.1 Å². The van der Waals surface area contributed by atoms with Gasteiger partial charge >= 0.3 is 5.97 Å². The molecule has 1 fully saturated rings. The number of hydrogen-bond acceptors (Lipinski definition) is 4. The van der Waals surface area contributed by atoms with Gasteiger partial charge in [0.05, 0.1) is 5.56 Å². The first-order chi connectivity index (χ1) is 17.0. The Morgan fingerprint density at radius 1 is 0.743 bits per heavy atom. The second-order valence-electron chi connectivity index (χ2n) is 9.03. The number of carbonyl (C=O) groups excluding carboxylic acids is 2. The lowest BCUT2D eigenvalue weighted by atomic mass is 9.50. The van der Waals surface area contributed by atoms with Crippen LogP contribution in [0.1, 0.15) is 51.7 Å².